The molecule has 1 aliphatic carbocycles. The fourth-order valence-corrected chi connectivity index (χ4v) is 5.72. The zero-order valence-electron chi connectivity index (χ0n) is 16.9. The van der Waals surface area contributed by atoms with Gasteiger partial charge in [0.05, 0.1) is 12.2 Å². The number of nitrogens with zero attached hydrogens (tertiary/aromatic N) is 4. The molecule has 1 aromatic heterocycles. The first-order chi connectivity index (χ1) is 14.6. The van der Waals surface area contributed by atoms with Gasteiger partial charge in [-0.1, -0.05) is 12.5 Å². The number of halogens is 2. The van der Waals surface area contributed by atoms with Crippen molar-refractivity contribution in [1.29, 1.82) is 0 Å². The first-order valence-corrected chi connectivity index (χ1v) is 11.6. The van der Waals surface area contributed by atoms with E-state index < -0.39 is 11.6 Å². The Kier molecular flexibility index (Phi) is 5.56. The van der Waals surface area contributed by atoms with Gasteiger partial charge in [-0.15, -0.1) is 11.3 Å². The minimum Gasteiger partial charge on any atom is -0.339 e. The van der Waals surface area contributed by atoms with E-state index in [0.29, 0.717) is 18.1 Å². The maximum Gasteiger partial charge on any atom is 0.236 e. The molecule has 2 fully saturated rings. The fourth-order valence-electron chi connectivity index (χ4n) is 4.55. The summed E-state index contributed by atoms with van der Waals surface area (Å²) in [7, 11) is 0. The van der Waals surface area contributed by atoms with Gasteiger partial charge in [-0.05, 0) is 25.0 Å². The van der Waals surface area contributed by atoms with Crippen molar-refractivity contribution < 1.29 is 13.6 Å². The van der Waals surface area contributed by atoms with E-state index in [9.17, 15) is 13.6 Å². The third-order valence-corrected chi connectivity index (χ3v) is 7.72. The number of hydrogen-bond donors (Lipinski definition) is 0. The van der Waals surface area contributed by atoms with Crippen molar-refractivity contribution in [3.05, 3.63) is 40.4 Å². The Morgan fingerprint density at radius 3 is 2.67 bits per heavy atom. The van der Waals surface area contributed by atoms with Crippen LogP contribution in [0.3, 0.4) is 0 Å². The van der Waals surface area contributed by atoms with Gasteiger partial charge in [0.25, 0.3) is 0 Å². The standard InChI is InChI=1S/C22H26F2N4OS/c23-17-6-2-5-16(21(17)24)22-25-18-7-8-26(13-19(18)30-22)14-20(29)28-11-9-27(10-12-28)15-3-1-4-15/h2,5-6,15H,1,3-4,7-14H2. The SMILES string of the molecule is O=C(CN1CCc2nc(-c3cccc(F)c3F)sc2C1)N1CCN(C2CCC2)CC1. The molecule has 0 spiro atoms. The summed E-state index contributed by atoms with van der Waals surface area (Å²) in [5, 5.41) is 0.511. The fraction of sp³-hybridized carbons (Fsp3) is 0.545. The van der Waals surface area contributed by atoms with Crippen LogP contribution in [0.2, 0.25) is 0 Å². The lowest BCUT2D eigenvalue weighted by Gasteiger charge is -2.43. The van der Waals surface area contributed by atoms with Gasteiger partial charge in [0, 0.05) is 62.2 Å². The van der Waals surface area contributed by atoms with Crippen molar-refractivity contribution in [2.75, 3.05) is 39.3 Å². The number of thiazole rings is 1. The van der Waals surface area contributed by atoms with Gasteiger partial charge in [-0.2, -0.15) is 0 Å². The second-order valence-electron chi connectivity index (χ2n) is 8.45. The number of rotatable bonds is 4. The molecule has 3 heterocycles. The minimum absolute atomic E-state index is 0.188. The van der Waals surface area contributed by atoms with E-state index >= 15 is 0 Å². The lowest BCUT2D eigenvalue weighted by Crippen LogP contribution is -2.55. The number of amides is 1. The van der Waals surface area contributed by atoms with E-state index in [1.54, 1.807) is 6.07 Å². The van der Waals surface area contributed by atoms with Crippen LogP contribution in [0.15, 0.2) is 18.2 Å². The molecule has 8 heteroatoms. The van der Waals surface area contributed by atoms with Gasteiger partial charge in [-0.3, -0.25) is 14.6 Å². The predicted octanol–water partition coefficient (Wildman–Crippen LogP) is 3.14. The summed E-state index contributed by atoms with van der Waals surface area (Å²) >= 11 is 1.40. The monoisotopic (exact) mass is 432 g/mol. The van der Waals surface area contributed by atoms with Crippen LogP contribution in [0.25, 0.3) is 10.6 Å². The maximum atomic E-state index is 14.1. The van der Waals surface area contributed by atoms with E-state index in [0.717, 1.165) is 61.8 Å². The van der Waals surface area contributed by atoms with Crippen molar-refractivity contribution in [3.63, 3.8) is 0 Å². The number of carbonyl (C=O) groups is 1. The van der Waals surface area contributed by atoms with E-state index in [2.05, 4.69) is 14.8 Å². The first-order valence-electron chi connectivity index (χ1n) is 10.8. The molecule has 1 saturated carbocycles. The predicted molar refractivity (Wildman–Crippen MR) is 112 cm³/mol. The number of benzene rings is 1. The lowest BCUT2D eigenvalue weighted by molar-refractivity contribution is -0.135. The van der Waals surface area contributed by atoms with Crippen molar-refractivity contribution in [2.45, 2.75) is 38.3 Å². The van der Waals surface area contributed by atoms with Gasteiger partial charge >= 0.3 is 0 Å². The molecular weight excluding hydrogens is 406 g/mol. The Morgan fingerprint density at radius 1 is 1.13 bits per heavy atom. The molecule has 1 saturated heterocycles. The molecular formula is C22H26F2N4OS. The Balaban J connectivity index is 1.19. The summed E-state index contributed by atoms with van der Waals surface area (Å²) in [5.74, 6) is -1.52. The second kappa shape index (κ2) is 8.32. The summed E-state index contributed by atoms with van der Waals surface area (Å²) < 4.78 is 27.7. The van der Waals surface area contributed by atoms with Gasteiger partial charge in [0.2, 0.25) is 5.91 Å². The molecule has 2 aromatic rings. The molecule has 0 atom stereocenters. The van der Waals surface area contributed by atoms with Crippen LogP contribution in [-0.4, -0.2) is 70.9 Å². The quantitative estimate of drug-likeness (QED) is 0.744. The molecule has 2 aliphatic heterocycles. The molecule has 0 unspecified atom stereocenters. The highest BCUT2D eigenvalue weighted by Crippen LogP contribution is 2.33. The maximum absolute atomic E-state index is 14.1. The summed E-state index contributed by atoms with van der Waals surface area (Å²) in [6.07, 6.45) is 4.68. The molecule has 30 heavy (non-hydrogen) atoms. The van der Waals surface area contributed by atoms with Crippen LogP contribution in [0, 0.1) is 11.6 Å². The molecule has 3 aliphatic rings. The van der Waals surface area contributed by atoms with Crippen LogP contribution in [0.1, 0.15) is 29.8 Å². The third-order valence-electron chi connectivity index (χ3n) is 6.61. The Hall–Kier alpha value is -1.90. The number of piperazine rings is 1. The highest BCUT2D eigenvalue weighted by molar-refractivity contribution is 7.15. The smallest absolute Gasteiger partial charge is 0.236 e. The Morgan fingerprint density at radius 2 is 1.93 bits per heavy atom. The highest BCUT2D eigenvalue weighted by atomic mass is 32.1. The van der Waals surface area contributed by atoms with Gasteiger partial charge < -0.3 is 4.90 Å². The van der Waals surface area contributed by atoms with Crippen molar-refractivity contribution in [3.8, 4) is 10.6 Å². The van der Waals surface area contributed by atoms with Crippen molar-refractivity contribution >= 4 is 17.2 Å². The van der Waals surface area contributed by atoms with E-state index in [1.165, 1.54) is 36.7 Å². The van der Waals surface area contributed by atoms with Crippen LogP contribution >= 0.6 is 11.3 Å². The van der Waals surface area contributed by atoms with Gasteiger partial charge in [0.1, 0.15) is 5.01 Å². The van der Waals surface area contributed by atoms with Crippen molar-refractivity contribution in [2.24, 2.45) is 0 Å². The van der Waals surface area contributed by atoms with Crippen LogP contribution in [0.5, 0.6) is 0 Å². The zero-order valence-corrected chi connectivity index (χ0v) is 17.8. The van der Waals surface area contributed by atoms with Gasteiger partial charge in [0.15, 0.2) is 11.6 Å². The molecule has 0 bridgehead atoms. The normalized spacial score (nSPS) is 20.8. The van der Waals surface area contributed by atoms with E-state index in [1.807, 2.05) is 4.90 Å². The summed E-state index contributed by atoms with van der Waals surface area (Å²) in [5.41, 5.74) is 1.15. The van der Waals surface area contributed by atoms with Crippen LogP contribution < -0.4 is 0 Å². The number of carbonyl (C=O) groups excluding carboxylic acids is 1. The Labute approximate surface area is 179 Å². The molecule has 5 rings (SSSR count). The molecule has 1 amide bonds. The molecule has 1 aromatic carbocycles. The number of aromatic nitrogens is 1. The number of hydrogen-bond acceptors (Lipinski definition) is 5. The molecule has 5 nitrogen and oxygen atoms in total. The van der Waals surface area contributed by atoms with Gasteiger partial charge in [-0.25, -0.2) is 13.8 Å². The summed E-state index contributed by atoms with van der Waals surface area (Å²) in [4.78, 5) is 25.1. The summed E-state index contributed by atoms with van der Waals surface area (Å²) in [6.45, 7) is 5.41. The first kappa shape index (κ1) is 20.0. The average Bonchev–Trinajstić information content (AvgIpc) is 3.12. The molecule has 160 valence electrons. The second-order valence-corrected chi connectivity index (χ2v) is 9.54. The molecule has 0 radical (unpaired) electrons. The van der Waals surface area contributed by atoms with Crippen molar-refractivity contribution in [1.82, 2.24) is 19.7 Å². The van der Waals surface area contributed by atoms with E-state index in [4.69, 9.17) is 0 Å². The Bertz CT molecular complexity index is 937. The highest BCUT2D eigenvalue weighted by Gasteiger charge is 2.30. The van der Waals surface area contributed by atoms with Crippen LogP contribution in [-0.2, 0) is 17.8 Å². The minimum atomic E-state index is -0.856. The lowest BCUT2D eigenvalue weighted by atomic mass is 9.91. The topological polar surface area (TPSA) is 39.7 Å². The molecule has 0 N–H and O–H groups in total. The third kappa shape index (κ3) is 3.88. The largest absolute Gasteiger partial charge is 0.339 e. The summed E-state index contributed by atoms with van der Waals surface area (Å²) in [6, 6.07) is 4.93. The zero-order chi connectivity index (χ0) is 20.7. The van der Waals surface area contributed by atoms with Crippen LogP contribution in [0.4, 0.5) is 8.78 Å². The average molecular weight is 433 g/mol. The number of fused-ring (bicyclic) bond motifs is 1. The van der Waals surface area contributed by atoms with E-state index in [-0.39, 0.29) is 11.5 Å².